The third kappa shape index (κ3) is 4.25. The van der Waals surface area contributed by atoms with Gasteiger partial charge in [-0.25, -0.2) is 4.98 Å². The van der Waals surface area contributed by atoms with Crippen molar-refractivity contribution in [1.29, 1.82) is 0 Å². The van der Waals surface area contributed by atoms with E-state index in [-0.39, 0.29) is 11.4 Å². The van der Waals surface area contributed by atoms with E-state index < -0.39 is 0 Å². The minimum atomic E-state index is -0.0786. The van der Waals surface area contributed by atoms with Gasteiger partial charge in [-0.2, -0.15) is 0 Å². The molecular weight excluding hydrogens is 338 g/mol. The smallest absolute Gasteiger partial charge is 0.172 e. The number of aldehydes is 1. The molecule has 0 saturated heterocycles. The van der Waals surface area contributed by atoms with Crippen LogP contribution in [0, 0.1) is 0 Å². The summed E-state index contributed by atoms with van der Waals surface area (Å²) in [5.41, 5.74) is 2.81. The summed E-state index contributed by atoms with van der Waals surface area (Å²) in [6.45, 7) is 0.820. The Balaban J connectivity index is 1.53. The standard InChI is InChI=1S/C19H18ClN3O2/c20-13-4-6-15-16(8-10-22-17(15)11-13)21-9-2-1-3-14-5-7-19(25)18(12-24)23-14/h4-8,10-12,25H,1-3,9H2,(H,21,22). The van der Waals surface area contributed by atoms with Crippen molar-refractivity contribution in [3.63, 3.8) is 0 Å². The molecule has 0 fully saturated rings. The molecule has 0 atom stereocenters. The molecule has 25 heavy (non-hydrogen) atoms. The largest absolute Gasteiger partial charge is 0.506 e. The molecule has 2 aromatic heterocycles. The number of benzene rings is 1. The minimum Gasteiger partial charge on any atom is -0.506 e. The fourth-order valence-electron chi connectivity index (χ4n) is 2.67. The van der Waals surface area contributed by atoms with Crippen molar-refractivity contribution in [2.24, 2.45) is 0 Å². The van der Waals surface area contributed by atoms with Crippen LogP contribution in [0.3, 0.4) is 0 Å². The van der Waals surface area contributed by atoms with Gasteiger partial charge in [0.2, 0.25) is 0 Å². The Bertz CT molecular complexity index is 899. The van der Waals surface area contributed by atoms with Gasteiger partial charge >= 0.3 is 0 Å². The van der Waals surface area contributed by atoms with E-state index in [1.54, 1.807) is 12.3 Å². The summed E-state index contributed by atoms with van der Waals surface area (Å²) in [5, 5.41) is 14.6. The highest BCUT2D eigenvalue weighted by atomic mass is 35.5. The van der Waals surface area contributed by atoms with E-state index in [9.17, 15) is 9.90 Å². The van der Waals surface area contributed by atoms with Crippen LogP contribution in [-0.2, 0) is 6.42 Å². The van der Waals surface area contributed by atoms with Crippen molar-refractivity contribution in [3.05, 3.63) is 59.0 Å². The number of carbonyl (C=O) groups excluding carboxylic acids is 1. The normalized spacial score (nSPS) is 10.8. The van der Waals surface area contributed by atoms with Crippen molar-refractivity contribution in [2.45, 2.75) is 19.3 Å². The van der Waals surface area contributed by atoms with Crippen LogP contribution in [0.4, 0.5) is 5.69 Å². The average molecular weight is 356 g/mol. The summed E-state index contributed by atoms with van der Waals surface area (Å²) in [6.07, 6.45) is 4.98. The number of carbonyl (C=O) groups is 1. The Labute approximate surface area is 150 Å². The van der Waals surface area contributed by atoms with Crippen LogP contribution in [0.25, 0.3) is 10.9 Å². The first kappa shape index (κ1) is 17.2. The van der Waals surface area contributed by atoms with Crippen LogP contribution in [-0.4, -0.2) is 27.9 Å². The fourth-order valence-corrected chi connectivity index (χ4v) is 2.83. The molecule has 2 heterocycles. The van der Waals surface area contributed by atoms with Gasteiger partial charge in [-0.3, -0.25) is 9.78 Å². The summed E-state index contributed by atoms with van der Waals surface area (Å²) in [7, 11) is 0. The Morgan fingerprint density at radius 3 is 2.88 bits per heavy atom. The van der Waals surface area contributed by atoms with Gasteiger partial charge in [0, 0.05) is 34.5 Å². The van der Waals surface area contributed by atoms with Gasteiger partial charge in [0.25, 0.3) is 0 Å². The van der Waals surface area contributed by atoms with Crippen molar-refractivity contribution < 1.29 is 9.90 Å². The molecule has 0 saturated carbocycles. The molecular formula is C19H18ClN3O2. The average Bonchev–Trinajstić information content (AvgIpc) is 2.62. The Morgan fingerprint density at radius 2 is 2.04 bits per heavy atom. The van der Waals surface area contributed by atoms with E-state index in [0.717, 1.165) is 48.1 Å². The first-order chi connectivity index (χ1) is 12.2. The zero-order valence-corrected chi connectivity index (χ0v) is 14.3. The summed E-state index contributed by atoms with van der Waals surface area (Å²) >= 11 is 6.00. The Hall–Kier alpha value is -2.66. The first-order valence-corrected chi connectivity index (χ1v) is 8.47. The number of hydrogen-bond donors (Lipinski definition) is 2. The SMILES string of the molecule is O=Cc1nc(CCCCNc2ccnc3cc(Cl)ccc23)ccc1O. The molecule has 0 unspecified atom stereocenters. The van der Waals surface area contributed by atoms with E-state index in [1.807, 2.05) is 24.3 Å². The molecule has 0 aliphatic heterocycles. The second kappa shape index (κ2) is 7.94. The molecule has 0 aliphatic carbocycles. The van der Waals surface area contributed by atoms with Crippen molar-refractivity contribution >= 4 is 34.5 Å². The van der Waals surface area contributed by atoms with Gasteiger partial charge in [-0.15, -0.1) is 0 Å². The number of rotatable bonds is 7. The molecule has 128 valence electrons. The van der Waals surface area contributed by atoms with Gasteiger partial charge in [0.1, 0.15) is 11.4 Å². The van der Waals surface area contributed by atoms with E-state index in [2.05, 4.69) is 15.3 Å². The monoisotopic (exact) mass is 355 g/mol. The van der Waals surface area contributed by atoms with Crippen LogP contribution in [0.2, 0.25) is 5.02 Å². The lowest BCUT2D eigenvalue weighted by molar-refractivity contribution is 0.111. The first-order valence-electron chi connectivity index (χ1n) is 8.09. The number of aryl methyl sites for hydroxylation is 1. The summed E-state index contributed by atoms with van der Waals surface area (Å²) in [5.74, 6) is -0.0786. The maximum absolute atomic E-state index is 10.8. The predicted molar refractivity (Wildman–Crippen MR) is 99.5 cm³/mol. The van der Waals surface area contributed by atoms with Gasteiger partial charge in [-0.1, -0.05) is 11.6 Å². The van der Waals surface area contributed by atoms with Crippen LogP contribution in [0.15, 0.2) is 42.6 Å². The van der Waals surface area contributed by atoms with E-state index in [0.29, 0.717) is 11.3 Å². The number of nitrogens with one attached hydrogen (secondary N) is 1. The molecule has 3 rings (SSSR count). The second-order valence-electron chi connectivity index (χ2n) is 5.73. The lowest BCUT2D eigenvalue weighted by atomic mass is 10.1. The van der Waals surface area contributed by atoms with Crippen molar-refractivity contribution in [2.75, 3.05) is 11.9 Å². The van der Waals surface area contributed by atoms with Crippen LogP contribution in [0.1, 0.15) is 29.0 Å². The lowest BCUT2D eigenvalue weighted by Gasteiger charge is -2.09. The molecule has 0 bridgehead atoms. The van der Waals surface area contributed by atoms with Crippen molar-refractivity contribution in [1.82, 2.24) is 9.97 Å². The minimum absolute atomic E-state index is 0.0786. The number of unbranched alkanes of at least 4 members (excludes halogenated alkanes) is 1. The van der Waals surface area contributed by atoms with Crippen LogP contribution >= 0.6 is 11.6 Å². The summed E-state index contributed by atoms with van der Waals surface area (Å²) in [4.78, 5) is 19.3. The number of aromatic hydroxyl groups is 1. The summed E-state index contributed by atoms with van der Waals surface area (Å²) in [6, 6.07) is 10.9. The number of pyridine rings is 2. The maximum atomic E-state index is 10.8. The molecule has 3 aromatic rings. The number of anilines is 1. The third-order valence-electron chi connectivity index (χ3n) is 3.95. The van der Waals surface area contributed by atoms with E-state index >= 15 is 0 Å². The van der Waals surface area contributed by atoms with Crippen molar-refractivity contribution in [3.8, 4) is 5.75 Å². The molecule has 2 N–H and O–H groups in total. The highest BCUT2D eigenvalue weighted by Crippen LogP contribution is 2.24. The molecule has 0 spiro atoms. The number of aromatic nitrogens is 2. The molecule has 0 radical (unpaired) electrons. The highest BCUT2D eigenvalue weighted by molar-refractivity contribution is 6.31. The zero-order chi connectivity index (χ0) is 17.6. The maximum Gasteiger partial charge on any atom is 0.172 e. The van der Waals surface area contributed by atoms with Gasteiger partial charge in [-0.05, 0) is 55.7 Å². The number of nitrogens with zero attached hydrogens (tertiary/aromatic N) is 2. The summed E-state index contributed by atoms with van der Waals surface area (Å²) < 4.78 is 0. The fraction of sp³-hybridized carbons (Fsp3) is 0.211. The molecule has 5 nitrogen and oxygen atoms in total. The molecule has 1 aromatic carbocycles. The highest BCUT2D eigenvalue weighted by Gasteiger charge is 2.04. The third-order valence-corrected chi connectivity index (χ3v) is 4.19. The van der Waals surface area contributed by atoms with Crippen LogP contribution in [0.5, 0.6) is 5.75 Å². The van der Waals surface area contributed by atoms with E-state index in [4.69, 9.17) is 11.6 Å². The predicted octanol–water partition coefficient (Wildman–Crippen LogP) is 4.24. The van der Waals surface area contributed by atoms with Gasteiger partial charge in [0.05, 0.1) is 5.52 Å². The molecule has 0 amide bonds. The van der Waals surface area contributed by atoms with Crippen LogP contribution < -0.4 is 5.32 Å². The number of halogens is 1. The van der Waals surface area contributed by atoms with Gasteiger partial charge in [0.15, 0.2) is 6.29 Å². The molecule has 0 aliphatic rings. The topological polar surface area (TPSA) is 75.1 Å². The van der Waals surface area contributed by atoms with E-state index in [1.165, 1.54) is 6.07 Å². The van der Waals surface area contributed by atoms with Gasteiger partial charge < -0.3 is 10.4 Å². The zero-order valence-electron chi connectivity index (χ0n) is 13.6. The number of fused-ring (bicyclic) bond motifs is 1. The Morgan fingerprint density at radius 1 is 1.16 bits per heavy atom. The Kier molecular flexibility index (Phi) is 5.46. The number of hydrogen-bond acceptors (Lipinski definition) is 5. The quantitative estimate of drug-likeness (QED) is 0.490. The molecule has 6 heteroatoms. The second-order valence-corrected chi connectivity index (χ2v) is 6.17. The lowest BCUT2D eigenvalue weighted by Crippen LogP contribution is -2.03.